The van der Waals surface area contributed by atoms with E-state index in [1.807, 2.05) is 0 Å². The van der Waals surface area contributed by atoms with Gasteiger partial charge < -0.3 is 9.47 Å². The van der Waals surface area contributed by atoms with Crippen LogP contribution in [0.2, 0.25) is 0 Å². The molecular formula is C24H42O4. The number of hydrogen-bond acceptors (Lipinski definition) is 4. The van der Waals surface area contributed by atoms with E-state index in [0.717, 1.165) is 30.6 Å². The summed E-state index contributed by atoms with van der Waals surface area (Å²) in [6.45, 7) is 4.36. The summed E-state index contributed by atoms with van der Waals surface area (Å²) < 4.78 is 9.93. The summed E-state index contributed by atoms with van der Waals surface area (Å²) in [4.78, 5) is 24.1. The Bertz CT molecular complexity index is 459. The van der Waals surface area contributed by atoms with Gasteiger partial charge in [0.25, 0.3) is 0 Å². The van der Waals surface area contributed by atoms with Crippen molar-refractivity contribution in [2.45, 2.75) is 97.3 Å². The molecule has 0 aromatic rings. The van der Waals surface area contributed by atoms with Gasteiger partial charge in [0.05, 0.1) is 13.7 Å². The molecule has 0 N–H and O–H groups in total. The lowest BCUT2D eigenvalue weighted by atomic mass is 9.68. The van der Waals surface area contributed by atoms with E-state index < -0.39 is 17.9 Å². The Morgan fingerprint density at radius 3 is 1.89 bits per heavy atom. The fourth-order valence-corrected chi connectivity index (χ4v) is 5.53. The van der Waals surface area contributed by atoms with Crippen LogP contribution >= 0.6 is 0 Å². The van der Waals surface area contributed by atoms with Crippen molar-refractivity contribution < 1.29 is 19.1 Å². The number of methoxy groups -OCH3 is 1. The van der Waals surface area contributed by atoms with Crippen molar-refractivity contribution in [2.24, 2.45) is 29.6 Å². The van der Waals surface area contributed by atoms with E-state index in [9.17, 15) is 9.59 Å². The molecule has 0 heterocycles. The maximum absolute atomic E-state index is 12.1. The molecule has 0 radical (unpaired) electrons. The number of carbonyl (C=O) groups is 2. The molecular weight excluding hydrogens is 352 g/mol. The van der Waals surface area contributed by atoms with Gasteiger partial charge in [0.15, 0.2) is 5.92 Å². The van der Waals surface area contributed by atoms with E-state index in [-0.39, 0.29) is 0 Å². The fraction of sp³-hybridized carbons (Fsp3) is 0.917. The van der Waals surface area contributed by atoms with Gasteiger partial charge in [-0.25, -0.2) is 0 Å². The molecule has 0 aromatic heterocycles. The van der Waals surface area contributed by atoms with Gasteiger partial charge in [0.2, 0.25) is 0 Å². The van der Waals surface area contributed by atoms with E-state index in [1.54, 1.807) is 6.92 Å². The molecule has 1 unspecified atom stereocenters. The van der Waals surface area contributed by atoms with Gasteiger partial charge >= 0.3 is 11.9 Å². The maximum atomic E-state index is 12.1. The second-order valence-corrected chi connectivity index (χ2v) is 9.12. The van der Waals surface area contributed by atoms with Crippen molar-refractivity contribution in [3.8, 4) is 0 Å². The predicted molar refractivity (Wildman–Crippen MR) is 112 cm³/mol. The maximum Gasteiger partial charge on any atom is 0.320 e. The molecule has 2 aliphatic rings. The first-order chi connectivity index (χ1) is 13.6. The molecule has 0 saturated heterocycles. The van der Waals surface area contributed by atoms with Crippen LogP contribution in [0.25, 0.3) is 0 Å². The van der Waals surface area contributed by atoms with Crippen molar-refractivity contribution in [2.75, 3.05) is 13.7 Å². The van der Waals surface area contributed by atoms with Gasteiger partial charge in [0, 0.05) is 0 Å². The van der Waals surface area contributed by atoms with Crippen LogP contribution in [0, 0.1) is 29.6 Å². The molecule has 0 aromatic carbocycles. The van der Waals surface area contributed by atoms with E-state index in [2.05, 4.69) is 6.92 Å². The van der Waals surface area contributed by atoms with Gasteiger partial charge in [-0.3, -0.25) is 9.59 Å². The number of hydrogen-bond donors (Lipinski definition) is 0. The molecule has 0 spiro atoms. The Morgan fingerprint density at radius 1 is 0.821 bits per heavy atom. The van der Waals surface area contributed by atoms with Crippen molar-refractivity contribution in [1.82, 2.24) is 0 Å². The molecule has 0 aliphatic heterocycles. The molecule has 1 atom stereocenters. The minimum Gasteiger partial charge on any atom is -0.468 e. The summed E-state index contributed by atoms with van der Waals surface area (Å²) in [6.07, 6.45) is 16.6. The first-order valence-electron chi connectivity index (χ1n) is 11.8. The number of esters is 2. The fourth-order valence-electron chi connectivity index (χ4n) is 5.53. The predicted octanol–water partition coefficient (Wildman–Crippen LogP) is 5.92. The molecule has 28 heavy (non-hydrogen) atoms. The Morgan fingerprint density at radius 2 is 1.39 bits per heavy atom. The average Bonchev–Trinajstić information content (AvgIpc) is 2.73. The SMILES string of the molecule is CCCCCC1CCC(C2CCC(CC(C(=O)OC)C(=O)OCC)CC2)CC1. The first kappa shape index (κ1) is 23.2. The quantitative estimate of drug-likeness (QED) is 0.262. The first-order valence-corrected chi connectivity index (χ1v) is 11.8. The van der Waals surface area contributed by atoms with Gasteiger partial charge in [-0.15, -0.1) is 0 Å². The molecule has 2 saturated carbocycles. The van der Waals surface area contributed by atoms with Crippen LogP contribution in [0.15, 0.2) is 0 Å². The van der Waals surface area contributed by atoms with E-state index in [0.29, 0.717) is 18.9 Å². The molecule has 4 heteroatoms. The Hall–Kier alpha value is -1.06. The van der Waals surface area contributed by atoms with Crippen LogP contribution in [0.4, 0.5) is 0 Å². The van der Waals surface area contributed by atoms with Crippen molar-refractivity contribution in [1.29, 1.82) is 0 Å². The van der Waals surface area contributed by atoms with Crippen molar-refractivity contribution >= 4 is 11.9 Å². The summed E-state index contributed by atoms with van der Waals surface area (Å²) in [6, 6.07) is 0. The van der Waals surface area contributed by atoms with Crippen molar-refractivity contribution in [3.05, 3.63) is 0 Å². The zero-order valence-corrected chi connectivity index (χ0v) is 18.4. The van der Waals surface area contributed by atoms with Crippen LogP contribution in [0.5, 0.6) is 0 Å². The van der Waals surface area contributed by atoms with Gasteiger partial charge in [-0.1, -0.05) is 58.3 Å². The summed E-state index contributed by atoms with van der Waals surface area (Å²) in [7, 11) is 1.35. The largest absolute Gasteiger partial charge is 0.468 e. The lowest BCUT2D eigenvalue weighted by Gasteiger charge is -2.38. The van der Waals surface area contributed by atoms with E-state index >= 15 is 0 Å². The lowest BCUT2D eigenvalue weighted by Crippen LogP contribution is -2.31. The highest BCUT2D eigenvalue weighted by atomic mass is 16.5. The standard InChI is InChI=1S/C24H42O4/c1-4-6-7-8-18-9-13-20(14-10-18)21-15-11-19(12-16-21)17-22(23(25)27-3)24(26)28-5-2/h18-22H,4-17H2,1-3H3. The van der Waals surface area contributed by atoms with Crippen LogP contribution < -0.4 is 0 Å². The minimum atomic E-state index is -0.745. The van der Waals surface area contributed by atoms with Crippen LogP contribution in [-0.2, 0) is 19.1 Å². The second-order valence-electron chi connectivity index (χ2n) is 9.12. The zero-order valence-electron chi connectivity index (χ0n) is 18.4. The van der Waals surface area contributed by atoms with Gasteiger partial charge in [-0.05, 0) is 62.7 Å². The number of rotatable bonds is 10. The number of ether oxygens (including phenoxy) is 2. The Balaban J connectivity index is 1.73. The molecule has 162 valence electrons. The summed E-state index contributed by atoms with van der Waals surface area (Å²) in [5.41, 5.74) is 0. The summed E-state index contributed by atoms with van der Waals surface area (Å²) in [5, 5.41) is 0. The third-order valence-electron chi connectivity index (χ3n) is 7.29. The van der Waals surface area contributed by atoms with E-state index in [1.165, 1.54) is 71.3 Å². The van der Waals surface area contributed by atoms with Crippen LogP contribution in [-0.4, -0.2) is 25.7 Å². The Labute approximate surface area is 172 Å². The normalized spacial score (nSPS) is 29.1. The lowest BCUT2D eigenvalue weighted by molar-refractivity contribution is -0.161. The monoisotopic (exact) mass is 394 g/mol. The minimum absolute atomic E-state index is 0.306. The van der Waals surface area contributed by atoms with E-state index in [4.69, 9.17) is 9.47 Å². The van der Waals surface area contributed by atoms with Crippen LogP contribution in [0.1, 0.15) is 97.3 Å². The molecule has 0 amide bonds. The van der Waals surface area contributed by atoms with Gasteiger partial charge in [0.1, 0.15) is 0 Å². The number of unbranched alkanes of at least 4 members (excludes halogenated alkanes) is 2. The third-order valence-corrected chi connectivity index (χ3v) is 7.29. The zero-order chi connectivity index (χ0) is 20.4. The molecule has 4 nitrogen and oxygen atoms in total. The van der Waals surface area contributed by atoms with Gasteiger partial charge in [-0.2, -0.15) is 0 Å². The van der Waals surface area contributed by atoms with Crippen LogP contribution in [0.3, 0.4) is 0 Å². The number of carbonyl (C=O) groups excluding carboxylic acids is 2. The smallest absolute Gasteiger partial charge is 0.320 e. The topological polar surface area (TPSA) is 52.6 Å². The Kier molecular flexibility index (Phi) is 10.4. The highest BCUT2D eigenvalue weighted by Crippen LogP contribution is 2.43. The highest BCUT2D eigenvalue weighted by molar-refractivity contribution is 5.94. The molecule has 2 fully saturated rings. The summed E-state index contributed by atoms with van der Waals surface area (Å²) >= 11 is 0. The third kappa shape index (κ3) is 7.08. The van der Waals surface area contributed by atoms with Crippen molar-refractivity contribution in [3.63, 3.8) is 0 Å². The average molecular weight is 395 g/mol. The molecule has 2 aliphatic carbocycles. The summed E-state index contributed by atoms with van der Waals surface area (Å²) in [5.74, 6) is 1.57. The second kappa shape index (κ2) is 12.5. The molecule has 2 rings (SSSR count). The highest BCUT2D eigenvalue weighted by Gasteiger charge is 2.35. The molecule has 0 bridgehead atoms.